The number of methoxy groups -OCH3 is 1. The number of fused-ring (bicyclic) bond motifs is 2. The van der Waals surface area contributed by atoms with E-state index < -0.39 is 5.97 Å². The maximum absolute atomic E-state index is 12.4. The van der Waals surface area contributed by atoms with Crippen LogP contribution in [0.2, 0.25) is 0 Å². The third-order valence-electron chi connectivity index (χ3n) is 7.60. The van der Waals surface area contributed by atoms with Gasteiger partial charge in [0.05, 0.1) is 12.2 Å². The van der Waals surface area contributed by atoms with Crippen LogP contribution in [-0.4, -0.2) is 66.5 Å². The van der Waals surface area contributed by atoms with Gasteiger partial charge in [0.1, 0.15) is 17.1 Å². The molecule has 254 valence electrons. The van der Waals surface area contributed by atoms with Crippen LogP contribution in [0.3, 0.4) is 0 Å². The number of phenols is 1. The highest BCUT2D eigenvalue weighted by Crippen LogP contribution is 2.42. The number of carboxylic acid groups (broad SMARTS) is 1. The molecule has 0 radical (unpaired) electrons. The average Bonchev–Trinajstić information content (AvgIpc) is 3.05. The van der Waals surface area contributed by atoms with Crippen LogP contribution in [0, 0.1) is 0 Å². The van der Waals surface area contributed by atoms with Gasteiger partial charge in [-0.15, -0.1) is 0 Å². The van der Waals surface area contributed by atoms with E-state index in [-0.39, 0.29) is 34.3 Å². The molecule has 0 bridgehead atoms. The highest BCUT2D eigenvalue weighted by Gasteiger charge is 2.22. The molecule has 0 unspecified atom stereocenters. The van der Waals surface area contributed by atoms with Crippen molar-refractivity contribution in [1.29, 1.82) is 0 Å². The minimum atomic E-state index is -1.15. The molecule has 2 aliphatic rings. The number of anilines is 1. The summed E-state index contributed by atoms with van der Waals surface area (Å²) in [7, 11) is 1.58. The zero-order valence-electron chi connectivity index (χ0n) is 26.7. The van der Waals surface area contributed by atoms with Crippen LogP contribution in [0.5, 0.6) is 5.75 Å². The number of ether oxygens (including phenoxy) is 1. The summed E-state index contributed by atoms with van der Waals surface area (Å²) in [5.41, 5.74) is 2.08. The third-order valence-corrected chi connectivity index (χ3v) is 7.85. The Bertz CT molecular complexity index is 1790. The van der Waals surface area contributed by atoms with E-state index in [9.17, 15) is 29.4 Å². The molecule has 2 aromatic rings. The Hall–Kier alpha value is -5.01. The molecule has 0 fully saturated rings. The lowest BCUT2D eigenvalue weighted by Crippen LogP contribution is -2.29. The SMILES string of the molecule is COCCNC(=O)CCCCC(=O)NCCCCCNC(=S)Nc1ccc(-c2c3ccc(=O)cc-3oc3cc(O)ccc23)c(C(=O)O)c1. The molecule has 1 aliphatic heterocycles. The highest BCUT2D eigenvalue weighted by atomic mass is 32.1. The number of carboxylic acids is 1. The predicted molar refractivity (Wildman–Crippen MR) is 188 cm³/mol. The Morgan fingerprint density at radius 3 is 2.21 bits per heavy atom. The lowest BCUT2D eigenvalue weighted by molar-refractivity contribution is -0.123. The van der Waals surface area contributed by atoms with Gasteiger partial charge in [0, 0.05) is 73.9 Å². The minimum Gasteiger partial charge on any atom is -0.508 e. The normalized spacial score (nSPS) is 10.9. The van der Waals surface area contributed by atoms with Gasteiger partial charge in [0.15, 0.2) is 10.5 Å². The van der Waals surface area contributed by atoms with Crippen LogP contribution in [-0.2, 0) is 14.3 Å². The number of amides is 2. The molecule has 0 spiro atoms. The zero-order chi connectivity index (χ0) is 34.5. The van der Waals surface area contributed by atoms with E-state index in [1.807, 2.05) is 0 Å². The van der Waals surface area contributed by atoms with Gasteiger partial charge in [0.25, 0.3) is 0 Å². The number of hydrogen-bond donors (Lipinski definition) is 6. The number of carbonyl (C=O) groups excluding carboxylic acids is 2. The van der Waals surface area contributed by atoms with Crippen molar-refractivity contribution in [1.82, 2.24) is 16.0 Å². The van der Waals surface area contributed by atoms with Crippen molar-refractivity contribution >= 4 is 51.8 Å². The molecule has 0 aromatic heterocycles. The molecular formula is C35H40N4O8S. The lowest BCUT2D eigenvalue weighted by atomic mass is 9.90. The molecule has 13 heteroatoms. The van der Waals surface area contributed by atoms with Crippen molar-refractivity contribution in [3.8, 4) is 28.2 Å². The van der Waals surface area contributed by atoms with E-state index >= 15 is 0 Å². The fourth-order valence-electron chi connectivity index (χ4n) is 5.24. The van der Waals surface area contributed by atoms with Crippen molar-refractivity contribution in [2.24, 2.45) is 0 Å². The van der Waals surface area contributed by atoms with Gasteiger partial charge in [-0.25, -0.2) is 4.79 Å². The van der Waals surface area contributed by atoms with Crippen LogP contribution in [0.4, 0.5) is 5.69 Å². The Labute approximate surface area is 283 Å². The van der Waals surface area contributed by atoms with Crippen LogP contribution in [0.1, 0.15) is 55.3 Å². The highest BCUT2D eigenvalue weighted by molar-refractivity contribution is 7.80. The van der Waals surface area contributed by atoms with E-state index in [4.69, 9.17) is 21.4 Å². The summed E-state index contributed by atoms with van der Waals surface area (Å²) in [6, 6.07) is 13.8. The molecule has 48 heavy (non-hydrogen) atoms. The van der Waals surface area contributed by atoms with E-state index in [1.165, 1.54) is 30.3 Å². The van der Waals surface area contributed by atoms with E-state index in [1.54, 1.807) is 31.4 Å². The number of phenolic OH excluding ortho intramolecular Hbond substituents is 1. The fourth-order valence-corrected chi connectivity index (χ4v) is 5.46. The van der Waals surface area contributed by atoms with Gasteiger partial charge in [0.2, 0.25) is 11.8 Å². The summed E-state index contributed by atoms with van der Waals surface area (Å²) in [6.07, 6.45) is 4.58. The number of carbonyl (C=O) groups is 3. The van der Waals surface area contributed by atoms with Crippen molar-refractivity contribution in [2.45, 2.75) is 44.9 Å². The molecular weight excluding hydrogens is 636 g/mol. The number of benzene rings is 3. The molecule has 4 rings (SSSR count). The topological polar surface area (TPSA) is 179 Å². The van der Waals surface area contributed by atoms with Gasteiger partial charge in [-0.3, -0.25) is 14.4 Å². The van der Waals surface area contributed by atoms with Gasteiger partial charge in [-0.2, -0.15) is 0 Å². The molecule has 6 N–H and O–H groups in total. The zero-order valence-corrected chi connectivity index (χ0v) is 27.5. The van der Waals surface area contributed by atoms with Crippen molar-refractivity contribution in [3.63, 3.8) is 0 Å². The number of hydrogen-bond acceptors (Lipinski definition) is 8. The molecule has 1 heterocycles. The number of thiocarbonyl (C=S) groups is 1. The number of aromatic carboxylic acids is 1. The van der Waals surface area contributed by atoms with Gasteiger partial charge >= 0.3 is 5.97 Å². The number of rotatable bonds is 17. The Morgan fingerprint density at radius 2 is 1.50 bits per heavy atom. The first-order valence-corrected chi connectivity index (χ1v) is 16.2. The second kappa shape index (κ2) is 17.8. The quantitative estimate of drug-likeness (QED) is 0.0511. The third kappa shape index (κ3) is 10.2. The summed E-state index contributed by atoms with van der Waals surface area (Å²) in [5.74, 6) is -0.965. The molecule has 0 saturated heterocycles. The maximum atomic E-state index is 12.4. The van der Waals surface area contributed by atoms with Gasteiger partial charge in [-0.05, 0) is 86.3 Å². The van der Waals surface area contributed by atoms with E-state index in [2.05, 4.69) is 21.3 Å². The molecule has 0 saturated carbocycles. The van der Waals surface area contributed by atoms with E-state index in [0.717, 1.165) is 19.3 Å². The summed E-state index contributed by atoms with van der Waals surface area (Å²) in [4.78, 5) is 48.2. The standard InChI is InChI=1S/C35H40N4O8S/c1-46-18-17-37-32(43)8-4-3-7-31(42)36-15-5-2-6-16-38-35(48)39-22-9-12-25(28(19-22)34(44)45)33-26-13-10-23(40)20-29(26)47-30-21-24(41)11-14-27(30)33/h9-14,19-21,40H,2-8,15-18H2,1H3,(H,36,42)(H,37,43)(H,44,45)(H2,38,39,48). The second-order valence-corrected chi connectivity index (χ2v) is 11.6. The number of aromatic hydroxyl groups is 1. The minimum absolute atomic E-state index is 0.0152. The van der Waals surface area contributed by atoms with Crippen LogP contribution < -0.4 is 26.7 Å². The number of unbranched alkanes of at least 4 members (excludes halogenated alkanes) is 3. The Morgan fingerprint density at radius 1 is 0.812 bits per heavy atom. The molecule has 2 aromatic carbocycles. The van der Waals surface area contributed by atoms with Crippen LogP contribution in [0.15, 0.2) is 63.8 Å². The number of nitrogens with one attached hydrogen (secondary N) is 4. The first-order valence-electron chi connectivity index (χ1n) is 15.8. The second-order valence-electron chi connectivity index (χ2n) is 11.2. The van der Waals surface area contributed by atoms with Crippen LogP contribution >= 0.6 is 12.2 Å². The van der Waals surface area contributed by atoms with Crippen LogP contribution in [0.25, 0.3) is 33.4 Å². The smallest absolute Gasteiger partial charge is 0.336 e. The Balaban J connectivity index is 1.25. The molecule has 12 nitrogen and oxygen atoms in total. The van der Waals surface area contributed by atoms with Crippen molar-refractivity contribution < 1.29 is 33.8 Å². The Kier molecular flexibility index (Phi) is 13.3. The monoisotopic (exact) mass is 676 g/mol. The first-order chi connectivity index (χ1) is 23.2. The van der Waals surface area contributed by atoms with E-state index in [0.29, 0.717) is 90.4 Å². The summed E-state index contributed by atoms with van der Waals surface area (Å²) >= 11 is 5.43. The van der Waals surface area contributed by atoms with Gasteiger partial charge in [-0.1, -0.05) is 6.07 Å². The molecule has 0 atom stereocenters. The van der Waals surface area contributed by atoms with Crippen molar-refractivity contribution in [2.75, 3.05) is 38.7 Å². The summed E-state index contributed by atoms with van der Waals surface area (Å²) in [5, 5.41) is 32.9. The molecule has 2 amide bonds. The predicted octanol–water partition coefficient (Wildman–Crippen LogP) is 4.86. The maximum Gasteiger partial charge on any atom is 0.336 e. The van der Waals surface area contributed by atoms with Gasteiger partial charge < -0.3 is 40.6 Å². The summed E-state index contributed by atoms with van der Waals surface area (Å²) in [6.45, 7) is 2.13. The molecule has 1 aliphatic carbocycles. The largest absolute Gasteiger partial charge is 0.508 e. The summed E-state index contributed by atoms with van der Waals surface area (Å²) < 4.78 is 10.8. The lowest BCUT2D eigenvalue weighted by Gasteiger charge is -2.18. The van der Waals surface area contributed by atoms with Crippen molar-refractivity contribution in [3.05, 3.63) is 70.4 Å². The average molecular weight is 677 g/mol. The first kappa shape index (κ1) is 35.8. The fraction of sp³-hybridized carbons (Fsp3) is 0.343.